The second-order valence-corrected chi connectivity index (χ2v) is 6.76. The van der Waals surface area contributed by atoms with Crippen molar-refractivity contribution in [2.45, 2.75) is 13.0 Å². The number of allylic oxidation sites excluding steroid dienone is 3. The molecule has 1 aromatic heterocycles. The zero-order chi connectivity index (χ0) is 17.5. The van der Waals surface area contributed by atoms with E-state index in [0.29, 0.717) is 5.56 Å². The van der Waals surface area contributed by atoms with Gasteiger partial charge in [0.1, 0.15) is 5.82 Å². The van der Waals surface area contributed by atoms with Crippen LogP contribution < -0.4 is 0 Å². The van der Waals surface area contributed by atoms with Gasteiger partial charge in [0, 0.05) is 31.8 Å². The molecule has 1 aliphatic heterocycles. The number of fused-ring (bicyclic) bond motifs is 3. The highest BCUT2D eigenvalue weighted by Crippen LogP contribution is 2.27. The van der Waals surface area contributed by atoms with Crippen molar-refractivity contribution in [3.63, 3.8) is 0 Å². The average Bonchev–Trinajstić information content (AvgIpc) is 2.86. The number of hydrogen-bond donors (Lipinski definition) is 0. The number of nitriles is 1. The molecule has 2 heterocycles. The minimum absolute atomic E-state index is 0.685. The molecule has 0 saturated heterocycles. The Morgan fingerprint density at radius 2 is 1.77 bits per heavy atom. The second kappa shape index (κ2) is 5.89. The SMILES string of the molecule is N#Cc1ccc(-c2ccc3c(c2)nc2n3CCN(C3=CC=C3)CC2)cc1. The molecule has 4 heteroatoms. The Labute approximate surface area is 152 Å². The molecule has 0 amide bonds. The van der Waals surface area contributed by atoms with E-state index in [4.69, 9.17) is 10.2 Å². The molecule has 0 bridgehead atoms. The largest absolute Gasteiger partial charge is 0.369 e. The zero-order valence-corrected chi connectivity index (χ0v) is 14.4. The first-order valence-electron chi connectivity index (χ1n) is 8.95. The second-order valence-electron chi connectivity index (χ2n) is 6.76. The molecule has 0 atom stereocenters. The van der Waals surface area contributed by atoms with Gasteiger partial charge >= 0.3 is 0 Å². The molecule has 0 fully saturated rings. The molecule has 4 nitrogen and oxygen atoms in total. The highest BCUT2D eigenvalue weighted by Gasteiger charge is 2.19. The fraction of sp³-hybridized carbons (Fsp3) is 0.182. The standard InChI is InChI=1S/C22H18N4/c23-15-16-4-6-17(7-5-16)18-8-9-21-20(14-18)24-22-10-11-25(12-13-26(21)22)19-2-1-3-19/h1-9,14H,10-13H2. The third-order valence-corrected chi connectivity index (χ3v) is 5.27. The van der Waals surface area contributed by atoms with E-state index in [2.05, 4.69) is 52.0 Å². The van der Waals surface area contributed by atoms with Gasteiger partial charge in [-0.3, -0.25) is 0 Å². The molecule has 1 aliphatic carbocycles. The molecule has 2 aromatic carbocycles. The average molecular weight is 338 g/mol. The Bertz CT molecular complexity index is 1090. The lowest BCUT2D eigenvalue weighted by Crippen LogP contribution is -2.26. The van der Waals surface area contributed by atoms with E-state index in [1.54, 1.807) is 0 Å². The van der Waals surface area contributed by atoms with Crippen LogP contribution >= 0.6 is 0 Å². The number of benzene rings is 2. The Kier molecular flexibility index (Phi) is 3.39. The predicted molar refractivity (Wildman–Crippen MR) is 102 cm³/mol. The summed E-state index contributed by atoms with van der Waals surface area (Å²) < 4.78 is 2.36. The smallest absolute Gasteiger partial charge is 0.111 e. The third-order valence-electron chi connectivity index (χ3n) is 5.27. The molecule has 2 aliphatic rings. The summed E-state index contributed by atoms with van der Waals surface area (Å²) in [6, 6.07) is 16.4. The first-order chi connectivity index (χ1) is 12.8. The first kappa shape index (κ1) is 15.0. The van der Waals surface area contributed by atoms with Crippen molar-refractivity contribution in [2.24, 2.45) is 0 Å². The molecule has 3 aromatic rings. The maximum absolute atomic E-state index is 8.96. The van der Waals surface area contributed by atoms with Crippen LogP contribution in [0.4, 0.5) is 0 Å². The van der Waals surface area contributed by atoms with Crippen molar-refractivity contribution >= 4 is 11.0 Å². The normalized spacial score (nSPS) is 15.8. The van der Waals surface area contributed by atoms with Crippen LogP contribution in [0.1, 0.15) is 11.4 Å². The monoisotopic (exact) mass is 338 g/mol. The molecule has 26 heavy (non-hydrogen) atoms. The summed E-state index contributed by atoms with van der Waals surface area (Å²) in [5, 5.41) is 8.96. The van der Waals surface area contributed by atoms with Crippen LogP contribution in [0.15, 0.2) is 66.4 Å². The third kappa shape index (κ3) is 2.41. The minimum atomic E-state index is 0.685. The fourth-order valence-electron chi connectivity index (χ4n) is 3.76. The van der Waals surface area contributed by atoms with Gasteiger partial charge in [0.2, 0.25) is 0 Å². The molecule has 126 valence electrons. The summed E-state index contributed by atoms with van der Waals surface area (Å²) >= 11 is 0. The lowest BCUT2D eigenvalue weighted by Gasteiger charge is -2.25. The number of rotatable bonds is 2. The van der Waals surface area contributed by atoms with Gasteiger partial charge in [-0.05, 0) is 47.5 Å². The van der Waals surface area contributed by atoms with Crippen LogP contribution in [-0.2, 0) is 13.0 Å². The number of nitrogens with zero attached hydrogens (tertiary/aromatic N) is 4. The maximum Gasteiger partial charge on any atom is 0.111 e. The molecule has 0 spiro atoms. The van der Waals surface area contributed by atoms with Gasteiger partial charge < -0.3 is 9.47 Å². The van der Waals surface area contributed by atoms with Crippen LogP contribution in [0.3, 0.4) is 0 Å². The molecule has 0 saturated carbocycles. The minimum Gasteiger partial charge on any atom is -0.369 e. The highest BCUT2D eigenvalue weighted by atomic mass is 15.2. The van der Waals surface area contributed by atoms with Crippen molar-refractivity contribution in [1.29, 1.82) is 5.26 Å². The van der Waals surface area contributed by atoms with E-state index in [-0.39, 0.29) is 0 Å². The zero-order valence-electron chi connectivity index (χ0n) is 14.4. The number of hydrogen-bond acceptors (Lipinski definition) is 3. The van der Waals surface area contributed by atoms with E-state index in [1.165, 1.54) is 17.0 Å². The van der Waals surface area contributed by atoms with Crippen molar-refractivity contribution < 1.29 is 0 Å². The van der Waals surface area contributed by atoms with E-state index >= 15 is 0 Å². The Morgan fingerprint density at radius 3 is 2.50 bits per heavy atom. The van der Waals surface area contributed by atoms with E-state index in [1.807, 2.05) is 24.3 Å². The summed E-state index contributed by atoms with van der Waals surface area (Å²) in [6.45, 7) is 3.00. The molecular weight excluding hydrogens is 320 g/mol. The molecule has 0 radical (unpaired) electrons. The Hall–Kier alpha value is -3.32. The van der Waals surface area contributed by atoms with Gasteiger partial charge in [-0.2, -0.15) is 5.26 Å². The van der Waals surface area contributed by atoms with Crippen LogP contribution in [0, 0.1) is 11.3 Å². The Balaban J connectivity index is 1.47. The van der Waals surface area contributed by atoms with Crippen LogP contribution in [-0.4, -0.2) is 27.5 Å². The molecule has 5 rings (SSSR count). The first-order valence-corrected chi connectivity index (χ1v) is 8.95. The Morgan fingerprint density at radius 1 is 0.962 bits per heavy atom. The molecule has 0 N–H and O–H groups in total. The van der Waals surface area contributed by atoms with Gasteiger partial charge in [0.15, 0.2) is 0 Å². The summed E-state index contributed by atoms with van der Waals surface area (Å²) in [5.74, 6) is 1.17. The summed E-state index contributed by atoms with van der Waals surface area (Å²) in [4.78, 5) is 7.35. The number of imidazole rings is 1. The molecular formula is C22H18N4. The van der Waals surface area contributed by atoms with Crippen molar-refractivity contribution in [2.75, 3.05) is 13.1 Å². The highest BCUT2D eigenvalue weighted by molar-refractivity contribution is 5.82. The quantitative estimate of drug-likeness (QED) is 0.712. The lowest BCUT2D eigenvalue weighted by atomic mass is 10.0. The van der Waals surface area contributed by atoms with Crippen molar-refractivity contribution in [3.8, 4) is 17.2 Å². The van der Waals surface area contributed by atoms with E-state index < -0.39 is 0 Å². The maximum atomic E-state index is 8.96. The van der Waals surface area contributed by atoms with Gasteiger partial charge in [-0.15, -0.1) is 0 Å². The van der Waals surface area contributed by atoms with E-state index in [9.17, 15) is 0 Å². The van der Waals surface area contributed by atoms with Crippen LogP contribution in [0.5, 0.6) is 0 Å². The fourth-order valence-corrected chi connectivity index (χ4v) is 3.76. The molecule has 0 unspecified atom stereocenters. The van der Waals surface area contributed by atoms with Crippen LogP contribution in [0.25, 0.3) is 22.2 Å². The van der Waals surface area contributed by atoms with Crippen LogP contribution in [0.2, 0.25) is 0 Å². The van der Waals surface area contributed by atoms with Gasteiger partial charge in [0.05, 0.1) is 22.7 Å². The topological polar surface area (TPSA) is 44.9 Å². The lowest BCUT2D eigenvalue weighted by molar-refractivity contribution is 0.359. The summed E-state index contributed by atoms with van der Waals surface area (Å²) in [7, 11) is 0. The van der Waals surface area contributed by atoms with Crippen molar-refractivity contribution in [1.82, 2.24) is 14.5 Å². The van der Waals surface area contributed by atoms with E-state index in [0.717, 1.165) is 42.7 Å². The summed E-state index contributed by atoms with van der Waals surface area (Å²) in [6.07, 6.45) is 7.41. The van der Waals surface area contributed by atoms with Gasteiger partial charge in [-0.1, -0.05) is 24.3 Å². The summed E-state index contributed by atoms with van der Waals surface area (Å²) in [5.41, 5.74) is 6.54. The number of aromatic nitrogens is 2. The van der Waals surface area contributed by atoms with Crippen molar-refractivity contribution in [3.05, 3.63) is 77.8 Å². The predicted octanol–water partition coefficient (Wildman–Crippen LogP) is 3.89. The van der Waals surface area contributed by atoms with Gasteiger partial charge in [0.25, 0.3) is 0 Å². The van der Waals surface area contributed by atoms with Gasteiger partial charge in [-0.25, -0.2) is 4.98 Å².